The second-order valence-electron chi connectivity index (χ2n) is 7.78. The van der Waals surface area contributed by atoms with Crippen LogP contribution >= 0.6 is 0 Å². The summed E-state index contributed by atoms with van der Waals surface area (Å²) in [5.74, 6) is 0. The molecule has 0 spiro atoms. The number of aryl methyl sites for hydroxylation is 1. The molecule has 2 aliphatic heterocycles. The first kappa shape index (κ1) is 46.1. The molecular formula is C16H26N6Na3O15S3-. The van der Waals surface area contributed by atoms with Crippen molar-refractivity contribution in [1.82, 2.24) is 31.0 Å². The molecule has 27 heteroatoms. The molecule has 1 saturated heterocycles. The molecule has 0 amide bonds. The molecular weight excluding hydrogens is 681 g/mol. The van der Waals surface area contributed by atoms with Crippen molar-refractivity contribution in [3.8, 4) is 0 Å². The number of rotatable bonds is 13. The Balaban J connectivity index is 0. The van der Waals surface area contributed by atoms with Gasteiger partial charge in [-0.1, -0.05) is 5.21 Å². The first-order valence-corrected chi connectivity index (χ1v) is 15.0. The largest absolute Gasteiger partial charge is 1.00 e. The summed E-state index contributed by atoms with van der Waals surface area (Å²) in [6.07, 6.45) is -2.11. The Kier molecular flexibility index (Phi) is 22.5. The monoisotopic (exact) mass is 707 g/mol. The van der Waals surface area contributed by atoms with Crippen LogP contribution in [-0.4, -0.2) is 114 Å². The number of hydrogen-bond donors (Lipinski definition) is 3. The molecule has 0 aliphatic carbocycles. The summed E-state index contributed by atoms with van der Waals surface area (Å²) in [5.41, 5.74) is 6.70. The Morgan fingerprint density at radius 3 is 2.21 bits per heavy atom. The van der Waals surface area contributed by atoms with Crippen LogP contribution in [0, 0.1) is 13.3 Å². The average molecular weight is 708 g/mol. The zero-order valence-corrected chi connectivity index (χ0v) is 32.2. The number of hydrogen-bond acceptors (Lipinski definition) is 19. The van der Waals surface area contributed by atoms with Gasteiger partial charge in [-0.3, -0.25) is 24.8 Å². The minimum atomic E-state index is -5.38. The maximum atomic E-state index is 11.3. The van der Waals surface area contributed by atoms with E-state index < -0.39 is 55.8 Å². The second kappa shape index (κ2) is 21.0. The molecule has 1 fully saturated rings. The van der Waals surface area contributed by atoms with Gasteiger partial charge < -0.3 is 37.5 Å². The summed E-state index contributed by atoms with van der Waals surface area (Å²) in [6.45, 7) is 4.81. The Bertz CT molecular complexity index is 1310. The fourth-order valence-electron chi connectivity index (χ4n) is 3.21. The predicted molar refractivity (Wildman–Crippen MR) is 123 cm³/mol. The molecule has 0 saturated carbocycles. The van der Waals surface area contributed by atoms with E-state index in [9.17, 15) is 25.9 Å². The van der Waals surface area contributed by atoms with Gasteiger partial charge in [-0.15, -0.1) is 10.6 Å². The molecule has 1 aromatic rings. The molecule has 0 unspecified atom stereocenters. The number of aromatic nitrogens is 3. The number of nitrogens with one attached hydrogen (secondary N) is 2. The van der Waals surface area contributed by atoms with Gasteiger partial charge in [-0.2, -0.15) is 0 Å². The van der Waals surface area contributed by atoms with Crippen LogP contribution in [-0.2, 0) is 60.3 Å². The molecule has 0 radical (unpaired) electrons. The third kappa shape index (κ3) is 20.7. The number of ether oxygens (including phenoxy) is 3. The fourth-order valence-corrected chi connectivity index (χ4v) is 4.12. The Labute approximate surface area is 315 Å². The van der Waals surface area contributed by atoms with Crippen LogP contribution < -0.4 is 99.6 Å². The summed E-state index contributed by atoms with van der Waals surface area (Å²) >= 11 is 0. The van der Waals surface area contributed by atoms with Crippen molar-refractivity contribution in [2.75, 3.05) is 26.4 Å². The maximum absolute atomic E-state index is 11.3. The molecule has 3 heterocycles. The standard InChI is InChI=1S/C16H27N6O11S2.3Na.H2O4S/c1-3-29-5-4-21-8-12(18-20-21)10-30-16-15(33-35(26,27)28)14(32-34(23,24)25)6-13(31-16)9-22-7-11(2)17-19-22;;;;1-5(2,3)4/h6-8,13-16,18,20H,3-5,9-10H2,1-2H3,(H,23,24,25)(H,26,27,28);;;;(H2,1,2,3,4)/q-1;3*+1;/p-3/t13-,14-,15-,16-;;;;/m0..../s1. The Hall–Kier alpha value is 0.930. The van der Waals surface area contributed by atoms with Crippen molar-refractivity contribution >= 4 is 31.2 Å². The minimum absolute atomic E-state index is 0. The van der Waals surface area contributed by atoms with Gasteiger partial charge in [-0.05, 0) is 26.1 Å². The van der Waals surface area contributed by atoms with Gasteiger partial charge in [0.15, 0.2) is 6.29 Å². The van der Waals surface area contributed by atoms with E-state index in [2.05, 4.69) is 29.6 Å². The Morgan fingerprint density at radius 1 is 1.09 bits per heavy atom. The summed E-state index contributed by atoms with van der Waals surface area (Å²) < 4.78 is 127. The van der Waals surface area contributed by atoms with Crippen LogP contribution in [0.4, 0.5) is 0 Å². The van der Waals surface area contributed by atoms with Crippen molar-refractivity contribution in [2.45, 2.75) is 45.0 Å². The molecule has 21 nitrogen and oxygen atoms in total. The van der Waals surface area contributed by atoms with Crippen LogP contribution in [0.15, 0.2) is 18.1 Å². The molecule has 3 rings (SSSR count). The van der Waals surface area contributed by atoms with Gasteiger partial charge >= 0.3 is 88.7 Å². The number of nitrogens with zero attached hydrogens (tertiary/aromatic N) is 4. The SMILES string of the molecule is CCOCCN1C=C(CO[C@H]2O[C@H](Cn3cc(C)nn3)[CH-][C@H](OS(=O)(=O)[O-])[C@@H]2OS(=O)(=O)[O-])NN1.O=S(=O)([O-])O.[Na+].[Na+].[Na+]. The van der Waals surface area contributed by atoms with Gasteiger partial charge in [0.2, 0.25) is 31.2 Å². The van der Waals surface area contributed by atoms with Gasteiger partial charge in [0.1, 0.15) is 6.10 Å². The predicted octanol–water partition coefficient (Wildman–Crippen LogP) is -12.6. The smallest absolute Gasteiger partial charge is 0.726 e. The first-order chi connectivity index (χ1) is 18.4. The normalized spacial score (nSPS) is 22.1. The quantitative estimate of drug-likeness (QED) is 0.0563. The van der Waals surface area contributed by atoms with Crippen LogP contribution in [0.2, 0.25) is 0 Å². The molecule has 4 atom stereocenters. The van der Waals surface area contributed by atoms with Crippen molar-refractivity contribution in [3.63, 3.8) is 0 Å². The van der Waals surface area contributed by atoms with Crippen LogP contribution in [0.1, 0.15) is 12.6 Å². The topological polar surface area (TPSA) is 296 Å². The van der Waals surface area contributed by atoms with Gasteiger partial charge in [-0.25, -0.2) is 25.3 Å². The van der Waals surface area contributed by atoms with E-state index in [1.165, 1.54) is 4.68 Å². The summed E-state index contributed by atoms with van der Waals surface area (Å²) in [4.78, 5) is 0. The van der Waals surface area contributed by atoms with E-state index in [0.29, 0.717) is 31.1 Å². The third-order valence-electron chi connectivity index (χ3n) is 4.54. The van der Waals surface area contributed by atoms with Gasteiger partial charge in [0.25, 0.3) is 0 Å². The molecule has 3 N–H and O–H groups in total. The maximum Gasteiger partial charge on any atom is 1.00 e. The van der Waals surface area contributed by atoms with Crippen molar-refractivity contribution in [1.29, 1.82) is 0 Å². The third-order valence-corrected chi connectivity index (χ3v) is 5.45. The van der Waals surface area contributed by atoms with E-state index in [1.54, 1.807) is 24.3 Å². The van der Waals surface area contributed by atoms with Crippen molar-refractivity contribution in [3.05, 3.63) is 30.2 Å². The van der Waals surface area contributed by atoms with E-state index >= 15 is 0 Å². The van der Waals surface area contributed by atoms with E-state index in [0.717, 1.165) is 6.42 Å². The van der Waals surface area contributed by atoms with E-state index in [1.807, 2.05) is 6.92 Å². The molecule has 43 heavy (non-hydrogen) atoms. The zero-order chi connectivity index (χ0) is 30.1. The fraction of sp³-hybridized carbons (Fsp3) is 0.688. The number of hydrazine groups is 2. The molecule has 0 bridgehead atoms. The molecule has 0 aromatic carbocycles. The average Bonchev–Trinajstić information content (AvgIpc) is 3.40. The molecule has 2 aliphatic rings. The summed E-state index contributed by atoms with van der Waals surface area (Å²) in [5, 5.41) is 9.32. The van der Waals surface area contributed by atoms with Crippen molar-refractivity contribution in [2.24, 2.45) is 0 Å². The zero-order valence-electron chi connectivity index (χ0n) is 23.8. The molecule has 232 valence electrons. The summed E-state index contributed by atoms with van der Waals surface area (Å²) in [6, 6.07) is 0. The second-order valence-corrected chi connectivity index (χ2v) is 10.6. The Morgan fingerprint density at radius 2 is 1.70 bits per heavy atom. The molecule has 1 aromatic heterocycles. The summed E-state index contributed by atoms with van der Waals surface area (Å²) in [7, 11) is -15.6. The van der Waals surface area contributed by atoms with Crippen LogP contribution in [0.25, 0.3) is 0 Å². The van der Waals surface area contributed by atoms with E-state index in [-0.39, 0.29) is 102 Å². The van der Waals surface area contributed by atoms with Gasteiger partial charge in [0, 0.05) is 25.5 Å². The minimum Gasteiger partial charge on any atom is -0.726 e. The van der Waals surface area contributed by atoms with E-state index in [4.69, 9.17) is 31.7 Å². The van der Waals surface area contributed by atoms with Crippen molar-refractivity contribution < 1.29 is 155 Å². The van der Waals surface area contributed by atoms with Gasteiger partial charge in [0.05, 0.1) is 31.1 Å². The van der Waals surface area contributed by atoms with Crippen LogP contribution in [0.5, 0.6) is 0 Å². The van der Waals surface area contributed by atoms with Crippen LogP contribution in [0.3, 0.4) is 0 Å². The first-order valence-electron chi connectivity index (χ1n) is 10.9.